The lowest BCUT2D eigenvalue weighted by Crippen LogP contribution is -2.65. The Hall–Kier alpha value is -7.32. The molecular weight excluding hydrogens is 646 g/mol. The van der Waals surface area contributed by atoms with Gasteiger partial charge in [-0.2, -0.15) is 10.3 Å². The Labute approximate surface area is 281 Å². The van der Waals surface area contributed by atoms with Gasteiger partial charge >= 0.3 is 17.5 Å². The highest BCUT2D eigenvalue weighted by Crippen LogP contribution is 2.59. The van der Waals surface area contributed by atoms with Crippen LogP contribution in [0.4, 0.5) is 16.2 Å². The Morgan fingerprint density at radius 3 is 2.06 bits per heavy atom. The third-order valence-corrected chi connectivity index (χ3v) is 8.55. The maximum absolute atomic E-state index is 15.2. The number of nitrogens with zero attached hydrogens (tertiary/aromatic N) is 6. The van der Waals surface area contributed by atoms with Gasteiger partial charge in [-0.25, -0.2) is 24.1 Å². The van der Waals surface area contributed by atoms with E-state index in [1.165, 1.54) is 26.4 Å². The Morgan fingerprint density at radius 2 is 1.50 bits per heavy atom. The lowest BCUT2D eigenvalue weighted by atomic mass is 10.0. The number of methoxy groups -OCH3 is 2. The molecule has 2 aliphatic heterocycles. The molecule has 17 heteroatoms. The number of benzene rings is 3. The highest BCUT2D eigenvalue weighted by atomic mass is 16.5. The summed E-state index contributed by atoms with van der Waals surface area (Å²) >= 11 is 0. The number of aliphatic imine (C=N–C) groups is 1. The molecule has 0 saturated carbocycles. The smallest absolute Gasteiger partial charge is 0.435 e. The van der Waals surface area contributed by atoms with Crippen LogP contribution in [0.15, 0.2) is 100 Å². The summed E-state index contributed by atoms with van der Waals surface area (Å²) in [6, 6.07) is 20.4. The van der Waals surface area contributed by atoms with Crippen LogP contribution in [-0.2, 0) is 10.6 Å². The average molecular weight is 673 g/mol. The molecule has 3 aromatic carbocycles. The van der Waals surface area contributed by atoms with Crippen LogP contribution in [0.2, 0.25) is 0 Å². The molecule has 0 bridgehead atoms. The van der Waals surface area contributed by atoms with Crippen LogP contribution in [0.3, 0.4) is 0 Å². The number of fused-ring (bicyclic) bond motifs is 2. The topological polar surface area (TPSA) is 245 Å². The summed E-state index contributed by atoms with van der Waals surface area (Å²) in [7, 11) is 2.79. The van der Waals surface area contributed by atoms with E-state index in [1.54, 1.807) is 60.7 Å². The van der Waals surface area contributed by atoms with Gasteiger partial charge in [0.2, 0.25) is 0 Å². The van der Waals surface area contributed by atoms with Crippen molar-refractivity contribution in [1.82, 2.24) is 34.6 Å². The van der Waals surface area contributed by atoms with Crippen LogP contribution in [0.1, 0.15) is 21.6 Å². The van der Waals surface area contributed by atoms with Crippen molar-refractivity contribution < 1.29 is 23.9 Å². The number of primary amides is 2. The Balaban J connectivity index is 1.81. The van der Waals surface area contributed by atoms with Gasteiger partial charge in [0.1, 0.15) is 23.4 Å². The molecule has 248 valence electrons. The van der Waals surface area contributed by atoms with Gasteiger partial charge in [0.15, 0.2) is 39.9 Å². The fourth-order valence-corrected chi connectivity index (χ4v) is 6.56. The zero-order valence-corrected chi connectivity index (χ0v) is 26.3. The predicted molar refractivity (Wildman–Crippen MR) is 178 cm³/mol. The highest BCUT2D eigenvalue weighted by Gasteiger charge is 2.74. The van der Waals surface area contributed by atoms with E-state index in [2.05, 4.69) is 25.6 Å². The molecule has 1 atom stereocenters. The van der Waals surface area contributed by atoms with Crippen molar-refractivity contribution in [3.8, 4) is 17.6 Å². The number of hydrogen-bond acceptors (Lipinski definition) is 11. The minimum atomic E-state index is -2.45. The summed E-state index contributed by atoms with van der Waals surface area (Å²) in [5.74, 6) is -4.23. The number of para-hydroxylation sites is 4. The number of rotatable bonds is 8. The van der Waals surface area contributed by atoms with Crippen LogP contribution >= 0.6 is 0 Å². The number of amidine groups is 1. The van der Waals surface area contributed by atoms with Crippen LogP contribution < -0.4 is 41.7 Å². The fourth-order valence-electron chi connectivity index (χ4n) is 6.56. The summed E-state index contributed by atoms with van der Waals surface area (Å²) in [6.45, 7) is 0. The van der Waals surface area contributed by atoms with Crippen LogP contribution in [0.5, 0.6) is 11.5 Å². The number of aromatic amines is 1. The summed E-state index contributed by atoms with van der Waals surface area (Å²) in [5.41, 5.74) is 10.4. The van der Waals surface area contributed by atoms with E-state index in [0.29, 0.717) is 11.1 Å². The third kappa shape index (κ3) is 4.12. The number of H-pyrrole nitrogens is 1. The largest absolute Gasteiger partial charge is 0.491 e. The first-order valence-electron chi connectivity index (χ1n) is 14.8. The Kier molecular flexibility index (Phi) is 7.15. The summed E-state index contributed by atoms with van der Waals surface area (Å²) in [4.78, 5) is 72.2. The van der Waals surface area contributed by atoms with Gasteiger partial charge in [-0.15, -0.1) is 4.48 Å². The maximum Gasteiger partial charge on any atom is 0.435 e. The first kappa shape index (κ1) is 31.3. The van der Waals surface area contributed by atoms with E-state index >= 15 is 4.79 Å². The van der Waals surface area contributed by atoms with E-state index in [4.69, 9.17) is 25.9 Å². The number of ether oxygens (including phenoxy) is 2. The van der Waals surface area contributed by atoms with E-state index < -0.39 is 39.5 Å². The van der Waals surface area contributed by atoms with Gasteiger partial charge < -0.3 is 26.3 Å². The molecular formula is C33H26N11O6+. The predicted octanol–water partition coefficient (Wildman–Crippen LogP) is 1.53. The number of imidazole rings is 1. The minimum absolute atomic E-state index is 0.0467. The highest BCUT2D eigenvalue weighted by molar-refractivity contribution is 6.11. The molecule has 2 aromatic heterocycles. The van der Waals surface area contributed by atoms with Crippen molar-refractivity contribution in [1.29, 1.82) is 5.26 Å². The quantitative estimate of drug-likeness (QED) is 0.149. The van der Waals surface area contributed by atoms with Gasteiger partial charge in [-0.05, 0) is 36.4 Å². The van der Waals surface area contributed by atoms with Gasteiger partial charge in [0.05, 0.1) is 25.9 Å². The van der Waals surface area contributed by atoms with Crippen LogP contribution in [-0.4, -0.2) is 57.4 Å². The number of carbonyl (C=O) groups excluding carboxylic acids is 3. The van der Waals surface area contributed by atoms with Crippen LogP contribution in [0, 0.1) is 11.3 Å². The van der Waals surface area contributed by atoms with Crippen molar-refractivity contribution in [2.45, 2.75) is 5.79 Å². The average Bonchev–Trinajstić information content (AvgIpc) is 3.61. The van der Waals surface area contributed by atoms with Gasteiger partial charge in [0.25, 0.3) is 11.8 Å². The molecule has 4 amide bonds. The number of nitrogens with one attached hydrogen (secondary N) is 3. The molecule has 50 heavy (non-hydrogen) atoms. The molecule has 1 saturated heterocycles. The zero-order valence-electron chi connectivity index (χ0n) is 26.3. The summed E-state index contributed by atoms with van der Waals surface area (Å²) in [6.07, 6.45) is 1.04. The van der Waals surface area contributed by atoms with E-state index in [0.717, 1.165) is 10.9 Å². The molecule has 0 spiro atoms. The number of hydrogen-bond donors (Lipinski definition) is 5. The van der Waals surface area contributed by atoms with E-state index in [1.807, 2.05) is 6.07 Å². The molecule has 17 nitrogen and oxygen atoms in total. The van der Waals surface area contributed by atoms with Crippen molar-refractivity contribution >= 4 is 46.2 Å². The first-order valence-corrected chi connectivity index (χ1v) is 14.8. The molecule has 7 N–H and O–H groups in total. The van der Waals surface area contributed by atoms with Crippen molar-refractivity contribution in [2.24, 2.45) is 16.5 Å². The molecule has 1 unspecified atom stereocenters. The second-order valence-corrected chi connectivity index (χ2v) is 11.0. The Bertz CT molecular complexity index is 2390. The normalized spacial score (nSPS) is 17.6. The second-order valence-electron chi connectivity index (χ2n) is 11.0. The lowest BCUT2D eigenvalue weighted by Gasteiger charge is -2.43. The number of quaternary nitrogens is 1. The fraction of sp³-hybridized carbons (Fsp3) is 0.0909. The third-order valence-electron chi connectivity index (χ3n) is 8.55. The van der Waals surface area contributed by atoms with Crippen molar-refractivity contribution in [2.75, 3.05) is 14.2 Å². The van der Waals surface area contributed by atoms with Gasteiger partial charge in [0, 0.05) is 17.7 Å². The molecule has 4 heterocycles. The van der Waals surface area contributed by atoms with E-state index in [9.17, 15) is 19.6 Å². The molecule has 2 aliphatic rings. The number of nitrogens with two attached hydrogens (primary N) is 2. The van der Waals surface area contributed by atoms with Crippen molar-refractivity contribution in [3.05, 3.63) is 118 Å². The van der Waals surface area contributed by atoms with Gasteiger partial charge in [-0.1, -0.05) is 24.3 Å². The second kappa shape index (κ2) is 11.4. The lowest BCUT2D eigenvalue weighted by molar-refractivity contribution is -0.115. The molecule has 7 rings (SSSR count). The molecule has 5 aromatic rings. The summed E-state index contributed by atoms with van der Waals surface area (Å²) in [5, 5.41) is 15.2. The zero-order chi connectivity index (χ0) is 35.4. The number of nitriles is 1. The molecule has 0 aliphatic carbocycles. The number of aromatic nitrogens is 4. The van der Waals surface area contributed by atoms with Crippen molar-refractivity contribution in [3.63, 3.8) is 0 Å². The number of urea groups is 1. The standard InChI is InChI=1S/C33H25N11O6/c1-49-21-9-5-3-7-19(21)44(20-8-4-6-10-22(20)50-2)32(48)40-26-24(28(36)46)39-29(18-13-11-17(15-34)12-14-18)42-33(26,44)43-25-23(27(35)45)37-16-38-30(25)41-31(43)47/h3-14,16H,1-2H3,(H6-,35,36,37,38,39,40,41,42,45,46,47,48)/p+1. The molecule has 1 fully saturated rings. The number of carbonyl (C=O) groups is 3. The monoisotopic (exact) mass is 672 g/mol. The van der Waals surface area contributed by atoms with Crippen LogP contribution in [0.25, 0.3) is 11.2 Å². The number of amides is 4. The Morgan fingerprint density at radius 1 is 0.880 bits per heavy atom. The maximum atomic E-state index is 15.2. The SMILES string of the molecule is COc1ccccc1[N+]1(c2ccccc2OC)C(=O)NC2=C(C(N)=O)NC(c3ccc(C#N)cc3)=NC21n1c(=O)[nH]c2ncnc(C(N)=O)c21. The van der Waals surface area contributed by atoms with E-state index in [-0.39, 0.29) is 51.3 Å². The molecule has 0 radical (unpaired) electrons. The van der Waals surface area contributed by atoms with Gasteiger partial charge in [-0.3, -0.25) is 19.9 Å². The minimum Gasteiger partial charge on any atom is -0.491 e. The summed E-state index contributed by atoms with van der Waals surface area (Å²) < 4.78 is 11.6. The first-order chi connectivity index (χ1) is 24.1.